The summed E-state index contributed by atoms with van der Waals surface area (Å²) in [6.45, 7) is 2.32. The van der Waals surface area contributed by atoms with Gasteiger partial charge in [-0.1, -0.05) is 6.92 Å². The van der Waals surface area contributed by atoms with Crippen LogP contribution in [0.1, 0.15) is 19.8 Å². The van der Waals surface area contributed by atoms with Gasteiger partial charge in [-0.2, -0.15) is 11.8 Å². The van der Waals surface area contributed by atoms with Crippen molar-refractivity contribution < 1.29 is 14.6 Å². The van der Waals surface area contributed by atoms with E-state index in [0.717, 1.165) is 12.2 Å². The fourth-order valence-electron chi connectivity index (χ4n) is 0.646. The molecule has 1 unspecified atom stereocenters. The van der Waals surface area contributed by atoms with Crippen LogP contribution in [0.3, 0.4) is 0 Å². The lowest BCUT2D eigenvalue weighted by molar-refractivity contribution is -0.153. The Morgan fingerprint density at radius 1 is 1.67 bits per heavy atom. The number of esters is 1. The second-order valence-corrected chi connectivity index (χ2v) is 3.45. The number of carbonyl (C=O) groups excluding carboxylic acids is 1. The third kappa shape index (κ3) is 5.43. The molecule has 0 aliphatic carbocycles. The van der Waals surface area contributed by atoms with Crippen molar-refractivity contribution in [3.05, 3.63) is 0 Å². The first kappa shape index (κ1) is 11.8. The molecule has 0 heterocycles. The van der Waals surface area contributed by atoms with Crippen LogP contribution in [-0.4, -0.2) is 35.8 Å². The van der Waals surface area contributed by atoms with E-state index in [4.69, 9.17) is 4.74 Å². The van der Waals surface area contributed by atoms with Crippen molar-refractivity contribution in [3.8, 4) is 0 Å². The average molecular weight is 192 g/mol. The van der Waals surface area contributed by atoms with E-state index in [1.807, 2.05) is 13.2 Å². The minimum atomic E-state index is -0.941. The quantitative estimate of drug-likeness (QED) is 0.639. The number of hydrogen-bond donors (Lipinski definition) is 1. The summed E-state index contributed by atoms with van der Waals surface area (Å²) in [5, 5.41) is 9.19. The van der Waals surface area contributed by atoms with Crippen molar-refractivity contribution in [2.24, 2.45) is 0 Å². The normalized spacial score (nSPS) is 12.6. The molecular formula is C8H16O3S. The van der Waals surface area contributed by atoms with Crippen molar-refractivity contribution >= 4 is 17.7 Å². The minimum Gasteiger partial charge on any atom is -0.464 e. The first-order valence-electron chi connectivity index (χ1n) is 4.06. The Morgan fingerprint density at radius 3 is 2.83 bits per heavy atom. The van der Waals surface area contributed by atoms with Crippen LogP contribution in [0.2, 0.25) is 0 Å². The topological polar surface area (TPSA) is 46.5 Å². The number of thioether (sulfide) groups is 1. The van der Waals surface area contributed by atoms with E-state index in [9.17, 15) is 9.90 Å². The van der Waals surface area contributed by atoms with Gasteiger partial charge in [-0.15, -0.1) is 0 Å². The summed E-state index contributed by atoms with van der Waals surface area (Å²) < 4.78 is 4.75. The molecular weight excluding hydrogens is 176 g/mol. The smallest absolute Gasteiger partial charge is 0.334 e. The van der Waals surface area contributed by atoms with Crippen LogP contribution >= 0.6 is 11.8 Å². The van der Waals surface area contributed by atoms with E-state index < -0.39 is 12.1 Å². The summed E-state index contributed by atoms with van der Waals surface area (Å²) in [6.07, 6.45) is 2.26. The van der Waals surface area contributed by atoms with E-state index in [1.165, 1.54) is 0 Å². The van der Waals surface area contributed by atoms with Gasteiger partial charge in [0.1, 0.15) is 0 Å². The van der Waals surface area contributed by atoms with Gasteiger partial charge in [0.2, 0.25) is 0 Å². The maximum Gasteiger partial charge on any atom is 0.334 e. The monoisotopic (exact) mass is 192 g/mol. The van der Waals surface area contributed by atoms with Crippen LogP contribution in [0, 0.1) is 0 Å². The summed E-state index contributed by atoms with van der Waals surface area (Å²) in [5.74, 6) is 0.286. The maximum absolute atomic E-state index is 10.9. The molecule has 12 heavy (non-hydrogen) atoms. The Hall–Kier alpha value is -0.220. The van der Waals surface area contributed by atoms with Crippen LogP contribution < -0.4 is 0 Å². The summed E-state index contributed by atoms with van der Waals surface area (Å²) >= 11 is 1.60. The van der Waals surface area contributed by atoms with Crippen LogP contribution in [0.5, 0.6) is 0 Å². The lowest BCUT2D eigenvalue weighted by Crippen LogP contribution is -2.23. The second kappa shape index (κ2) is 7.43. The summed E-state index contributed by atoms with van der Waals surface area (Å²) in [5.41, 5.74) is 0. The first-order valence-corrected chi connectivity index (χ1v) is 5.45. The van der Waals surface area contributed by atoms with Crippen LogP contribution in [0.15, 0.2) is 0 Å². The number of aliphatic hydroxyl groups excluding tert-OH is 1. The number of hydrogen-bond acceptors (Lipinski definition) is 4. The van der Waals surface area contributed by atoms with E-state index >= 15 is 0 Å². The van der Waals surface area contributed by atoms with E-state index in [1.54, 1.807) is 11.8 Å². The molecule has 0 aromatic heterocycles. The lowest BCUT2D eigenvalue weighted by Gasteiger charge is -2.08. The van der Waals surface area contributed by atoms with E-state index in [2.05, 4.69) is 0 Å². The van der Waals surface area contributed by atoms with E-state index in [-0.39, 0.29) is 0 Å². The Kier molecular flexibility index (Phi) is 7.29. The average Bonchev–Trinajstić information content (AvgIpc) is 2.10. The molecule has 0 bridgehead atoms. The summed E-state index contributed by atoms with van der Waals surface area (Å²) in [6, 6.07) is 0. The van der Waals surface area contributed by atoms with Gasteiger partial charge < -0.3 is 9.84 Å². The zero-order valence-corrected chi connectivity index (χ0v) is 8.39. The summed E-state index contributed by atoms with van der Waals surface area (Å²) in [7, 11) is 0. The minimum absolute atomic E-state index is 0.398. The Labute approximate surface area is 77.5 Å². The largest absolute Gasteiger partial charge is 0.464 e. The molecule has 0 rings (SSSR count). The Balaban J connectivity index is 3.47. The van der Waals surface area contributed by atoms with Crippen LogP contribution in [0.4, 0.5) is 0 Å². The zero-order chi connectivity index (χ0) is 9.40. The number of rotatable bonds is 6. The molecule has 0 aliphatic heterocycles. The molecule has 0 aromatic carbocycles. The molecule has 1 atom stereocenters. The molecule has 0 saturated heterocycles. The third-order valence-corrected chi connectivity index (χ3v) is 1.96. The van der Waals surface area contributed by atoms with Crippen molar-refractivity contribution in [1.82, 2.24) is 0 Å². The zero-order valence-electron chi connectivity index (χ0n) is 7.58. The van der Waals surface area contributed by atoms with Crippen molar-refractivity contribution in [3.63, 3.8) is 0 Å². The fourth-order valence-corrected chi connectivity index (χ4v) is 1.11. The molecule has 0 amide bonds. The summed E-state index contributed by atoms with van der Waals surface area (Å²) in [4.78, 5) is 10.9. The highest BCUT2D eigenvalue weighted by Gasteiger charge is 2.14. The van der Waals surface area contributed by atoms with Gasteiger partial charge in [0.15, 0.2) is 6.10 Å². The van der Waals surface area contributed by atoms with Crippen LogP contribution in [-0.2, 0) is 9.53 Å². The molecule has 72 valence electrons. The van der Waals surface area contributed by atoms with Gasteiger partial charge in [-0.25, -0.2) is 4.79 Å². The van der Waals surface area contributed by atoms with E-state index in [0.29, 0.717) is 13.0 Å². The molecule has 1 N–H and O–H groups in total. The molecule has 0 radical (unpaired) electrons. The molecule has 0 aliphatic rings. The van der Waals surface area contributed by atoms with Crippen molar-refractivity contribution in [2.45, 2.75) is 25.9 Å². The predicted molar refractivity (Wildman–Crippen MR) is 50.3 cm³/mol. The highest BCUT2D eigenvalue weighted by atomic mass is 32.2. The first-order chi connectivity index (χ1) is 5.72. The third-order valence-electron chi connectivity index (χ3n) is 1.32. The highest BCUT2D eigenvalue weighted by molar-refractivity contribution is 7.98. The number of ether oxygens (including phenoxy) is 1. The van der Waals surface area contributed by atoms with Gasteiger partial charge in [0, 0.05) is 0 Å². The predicted octanol–water partition coefficient (Wildman–Crippen LogP) is 1.05. The fraction of sp³-hybridized carbons (Fsp3) is 0.875. The molecule has 0 fully saturated rings. The Morgan fingerprint density at radius 2 is 2.33 bits per heavy atom. The van der Waals surface area contributed by atoms with Gasteiger partial charge in [0.25, 0.3) is 0 Å². The number of carbonyl (C=O) groups is 1. The highest BCUT2D eigenvalue weighted by Crippen LogP contribution is 2.02. The standard InChI is InChI=1S/C8H16O3S/c1-3-5-11-8(10)7(9)4-6-12-2/h7,9H,3-6H2,1-2H3. The van der Waals surface area contributed by atoms with Gasteiger partial charge in [0.05, 0.1) is 6.61 Å². The maximum atomic E-state index is 10.9. The van der Waals surface area contributed by atoms with Gasteiger partial charge in [-0.05, 0) is 24.9 Å². The van der Waals surface area contributed by atoms with Crippen molar-refractivity contribution in [2.75, 3.05) is 18.6 Å². The van der Waals surface area contributed by atoms with Crippen molar-refractivity contribution in [1.29, 1.82) is 0 Å². The molecule has 0 aromatic rings. The van der Waals surface area contributed by atoms with Crippen LogP contribution in [0.25, 0.3) is 0 Å². The second-order valence-electron chi connectivity index (χ2n) is 2.46. The molecule has 0 spiro atoms. The molecule has 3 nitrogen and oxygen atoms in total. The lowest BCUT2D eigenvalue weighted by atomic mass is 10.3. The SMILES string of the molecule is CCCOC(=O)C(O)CCSC. The van der Waals surface area contributed by atoms with Gasteiger partial charge in [-0.3, -0.25) is 0 Å². The molecule has 4 heteroatoms. The Bertz CT molecular complexity index is 127. The molecule has 0 saturated carbocycles. The van der Waals surface area contributed by atoms with Gasteiger partial charge >= 0.3 is 5.97 Å². The number of aliphatic hydroxyl groups is 1.